The number of ether oxygens (including phenoxy) is 1. The van der Waals surface area contributed by atoms with Crippen LogP contribution in [0.5, 0.6) is 5.75 Å². The molecule has 2 aromatic rings. The van der Waals surface area contributed by atoms with Crippen molar-refractivity contribution in [2.24, 2.45) is 0 Å². The third-order valence-electron chi connectivity index (χ3n) is 3.69. The number of hydrogen-bond acceptors (Lipinski definition) is 4. The third kappa shape index (κ3) is 3.82. The summed E-state index contributed by atoms with van der Waals surface area (Å²) < 4.78 is 7.94. The van der Waals surface area contributed by atoms with Gasteiger partial charge in [-0.3, -0.25) is 0 Å². The van der Waals surface area contributed by atoms with Gasteiger partial charge in [-0.2, -0.15) is 0 Å². The molecule has 118 valence electrons. The Morgan fingerprint density at radius 2 is 2.18 bits per heavy atom. The van der Waals surface area contributed by atoms with E-state index in [0.29, 0.717) is 11.9 Å². The zero-order valence-corrected chi connectivity index (χ0v) is 14.7. The molecule has 0 spiro atoms. The van der Waals surface area contributed by atoms with E-state index in [4.69, 9.17) is 4.74 Å². The van der Waals surface area contributed by atoms with Crippen LogP contribution in [0.2, 0.25) is 0 Å². The van der Waals surface area contributed by atoms with Crippen molar-refractivity contribution in [2.75, 3.05) is 12.4 Å². The van der Waals surface area contributed by atoms with Crippen LogP contribution in [-0.4, -0.2) is 31.2 Å². The Morgan fingerprint density at radius 1 is 1.36 bits per heavy atom. The second kappa shape index (κ2) is 7.01. The lowest BCUT2D eigenvalue weighted by Crippen LogP contribution is -2.27. The van der Waals surface area contributed by atoms with E-state index < -0.39 is 0 Å². The molecule has 1 aliphatic rings. The zero-order chi connectivity index (χ0) is 15.4. The molecule has 1 aliphatic heterocycles. The van der Waals surface area contributed by atoms with Crippen LogP contribution < -0.4 is 4.74 Å². The predicted molar refractivity (Wildman–Crippen MR) is 95.8 cm³/mol. The lowest BCUT2D eigenvalue weighted by atomic mass is 10.1. The van der Waals surface area contributed by atoms with Gasteiger partial charge in [0.25, 0.3) is 0 Å². The lowest BCUT2D eigenvalue weighted by molar-refractivity contribution is 0.340. The molecule has 1 aromatic heterocycles. The van der Waals surface area contributed by atoms with Crippen LogP contribution in [0.15, 0.2) is 43.0 Å². The van der Waals surface area contributed by atoms with Gasteiger partial charge in [-0.15, -0.1) is 23.5 Å². The third-order valence-corrected chi connectivity index (χ3v) is 7.28. The van der Waals surface area contributed by atoms with Crippen LogP contribution in [0.25, 0.3) is 0 Å². The molecule has 3 rings (SSSR count). The van der Waals surface area contributed by atoms with E-state index in [0.717, 1.165) is 18.7 Å². The molecular formula is C17H22N2OS2. The minimum atomic E-state index is 0.202. The van der Waals surface area contributed by atoms with Crippen LogP contribution >= 0.6 is 23.5 Å². The second-order valence-electron chi connectivity index (χ2n) is 5.64. The summed E-state index contributed by atoms with van der Waals surface area (Å²) in [6.07, 6.45) is 6.91. The first-order chi connectivity index (χ1) is 10.7. The Labute approximate surface area is 140 Å². The molecule has 2 heterocycles. The number of nitrogens with zero attached hydrogens (tertiary/aromatic N) is 2. The highest BCUT2D eigenvalue weighted by atomic mass is 32.2. The molecule has 2 atom stereocenters. The highest BCUT2D eigenvalue weighted by Crippen LogP contribution is 2.51. The molecule has 0 amide bonds. The van der Waals surface area contributed by atoms with Crippen LogP contribution in [0.1, 0.15) is 19.4 Å². The largest absolute Gasteiger partial charge is 0.494 e. The van der Waals surface area contributed by atoms with Crippen molar-refractivity contribution in [3.8, 4) is 5.75 Å². The van der Waals surface area contributed by atoms with E-state index in [-0.39, 0.29) is 4.08 Å². The SMILES string of the molecule is CCOc1ccc(CC2(Cn3ccnc3)SCC(C)S2)cc1. The summed E-state index contributed by atoms with van der Waals surface area (Å²) in [5.74, 6) is 2.17. The highest BCUT2D eigenvalue weighted by Gasteiger charge is 2.39. The smallest absolute Gasteiger partial charge is 0.119 e. The maximum absolute atomic E-state index is 5.54. The molecule has 0 N–H and O–H groups in total. The lowest BCUT2D eigenvalue weighted by Gasteiger charge is -2.28. The van der Waals surface area contributed by atoms with E-state index in [1.165, 1.54) is 11.3 Å². The average Bonchev–Trinajstić information content (AvgIpc) is 3.12. The van der Waals surface area contributed by atoms with E-state index in [2.05, 4.69) is 70.5 Å². The summed E-state index contributed by atoms with van der Waals surface area (Å²) in [6, 6.07) is 8.56. The molecule has 2 unspecified atom stereocenters. The predicted octanol–water partition coefficient (Wildman–Crippen LogP) is 4.09. The molecule has 1 fully saturated rings. The molecule has 0 aliphatic carbocycles. The second-order valence-corrected chi connectivity index (χ2v) is 9.12. The summed E-state index contributed by atoms with van der Waals surface area (Å²) in [6.45, 7) is 6.06. The number of hydrogen-bond donors (Lipinski definition) is 0. The molecule has 0 radical (unpaired) electrons. The Balaban J connectivity index is 1.75. The normalized spacial score (nSPS) is 24.5. The van der Waals surface area contributed by atoms with Gasteiger partial charge in [0.05, 0.1) is 17.0 Å². The first-order valence-corrected chi connectivity index (χ1v) is 9.55. The molecule has 0 bridgehead atoms. The Kier molecular flexibility index (Phi) is 5.03. The van der Waals surface area contributed by atoms with E-state index in [1.807, 2.05) is 19.4 Å². The van der Waals surface area contributed by atoms with Crippen molar-refractivity contribution in [1.82, 2.24) is 9.55 Å². The fraction of sp³-hybridized carbons (Fsp3) is 0.471. The standard InChI is InChI=1S/C17H22N2OS2/c1-3-20-16-6-4-15(5-7-16)10-17(21-11-14(2)22-17)12-19-9-8-18-13-19/h4-9,13-14H,3,10-12H2,1-2H3. The maximum Gasteiger partial charge on any atom is 0.119 e. The van der Waals surface area contributed by atoms with Crippen molar-refractivity contribution in [3.63, 3.8) is 0 Å². The molecule has 5 heteroatoms. The fourth-order valence-electron chi connectivity index (χ4n) is 2.78. The molecule has 1 saturated heterocycles. The van der Waals surface area contributed by atoms with E-state index in [9.17, 15) is 0 Å². The average molecular weight is 335 g/mol. The maximum atomic E-state index is 5.54. The van der Waals surface area contributed by atoms with Gasteiger partial charge in [0, 0.05) is 29.9 Å². The van der Waals surface area contributed by atoms with Gasteiger partial charge in [-0.05, 0) is 31.0 Å². The molecule has 3 nitrogen and oxygen atoms in total. The van der Waals surface area contributed by atoms with Gasteiger partial charge in [-0.25, -0.2) is 4.98 Å². The van der Waals surface area contributed by atoms with Crippen LogP contribution in [0, 0.1) is 0 Å². The number of thioether (sulfide) groups is 2. The van der Waals surface area contributed by atoms with E-state index in [1.54, 1.807) is 0 Å². The quantitative estimate of drug-likeness (QED) is 0.795. The highest BCUT2D eigenvalue weighted by molar-refractivity contribution is 8.21. The Morgan fingerprint density at radius 3 is 2.77 bits per heavy atom. The summed E-state index contributed by atoms with van der Waals surface area (Å²) in [7, 11) is 0. The summed E-state index contributed by atoms with van der Waals surface area (Å²) in [5, 5.41) is 0.705. The minimum Gasteiger partial charge on any atom is -0.494 e. The van der Waals surface area contributed by atoms with Crippen molar-refractivity contribution in [3.05, 3.63) is 48.5 Å². The van der Waals surface area contributed by atoms with Gasteiger partial charge >= 0.3 is 0 Å². The number of rotatable bonds is 6. The Bertz CT molecular complexity index is 585. The van der Waals surface area contributed by atoms with Gasteiger partial charge < -0.3 is 9.30 Å². The topological polar surface area (TPSA) is 27.1 Å². The zero-order valence-electron chi connectivity index (χ0n) is 13.1. The van der Waals surface area contributed by atoms with Crippen LogP contribution in [0.4, 0.5) is 0 Å². The van der Waals surface area contributed by atoms with Crippen LogP contribution in [0.3, 0.4) is 0 Å². The summed E-state index contributed by atoms with van der Waals surface area (Å²) in [4.78, 5) is 4.18. The fourth-order valence-corrected chi connectivity index (χ4v) is 6.47. The molecule has 1 aromatic carbocycles. The van der Waals surface area contributed by atoms with Crippen LogP contribution in [-0.2, 0) is 13.0 Å². The minimum absolute atomic E-state index is 0.202. The van der Waals surface area contributed by atoms with Crippen molar-refractivity contribution in [1.29, 1.82) is 0 Å². The monoisotopic (exact) mass is 334 g/mol. The first-order valence-electron chi connectivity index (χ1n) is 7.68. The van der Waals surface area contributed by atoms with Crippen molar-refractivity contribution >= 4 is 23.5 Å². The number of benzene rings is 1. The van der Waals surface area contributed by atoms with Gasteiger partial charge in [0.1, 0.15) is 5.75 Å². The van der Waals surface area contributed by atoms with Gasteiger partial charge in [0.2, 0.25) is 0 Å². The number of aromatic nitrogens is 2. The van der Waals surface area contributed by atoms with Gasteiger partial charge in [-0.1, -0.05) is 19.1 Å². The molecule has 22 heavy (non-hydrogen) atoms. The van der Waals surface area contributed by atoms with Gasteiger partial charge in [0.15, 0.2) is 0 Å². The summed E-state index contributed by atoms with van der Waals surface area (Å²) >= 11 is 4.19. The van der Waals surface area contributed by atoms with Crippen molar-refractivity contribution < 1.29 is 4.74 Å². The first kappa shape index (κ1) is 15.8. The van der Waals surface area contributed by atoms with E-state index >= 15 is 0 Å². The number of imidazole rings is 1. The molecule has 0 saturated carbocycles. The molecular weight excluding hydrogens is 312 g/mol. The van der Waals surface area contributed by atoms with Crippen molar-refractivity contribution in [2.45, 2.75) is 36.1 Å². The summed E-state index contributed by atoms with van der Waals surface area (Å²) in [5.41, 5.74) is 1.37. The Hall–Kier alpha value is -1.07.